The van der Waals surface area contributed by atoms with Crippen LogP contribution in [0.2, 0.25) is 5.02 Å². The number of hydrogen-bond acceptors (Lipinski definition) is 0. The molecule has 0 saturated heterocycles. The molecule has 11 heavy (non-hydrogen) atoms. The van der Waals surface area contributed by atoms with Crippen molar-refractivity contribution >= 4 is 27.5 Å². The van der Waals surface area contributed by atoms with Gasteiger partial charge in [-0.2, -0.15) is 0 Å². The van der Waals surface area contributed by atoms with Gasteiger partial charge < -0.3 is 0 Å². The molecular formula is C8H7BrClF. The van der Waals surface area contributed by atoms with Crippen LogP contribution in [0, 0.1) is 0 Å². The Morgan fingerprint density at radius 2 is 2.09 bits per heavy atom. The van der Waals surface area contributed by atoms with Crippen LogP contribution >= 0.6 is 27.5 Å². The molecule has 0 amide bonds. The molecule has 0 aromatic heterocycles. The zero-order valence-electron chi connectivity index (χ0n) is 5.73. The van der Waals surface area contributed by atoms with Crippen molar-refractivity contribution in [1.29, 1.82) is 0 Å². The summed E-state index contributed by atoms with van der Waals surface area (Å²) in [5, 5.41) is 0.774. The molecule has 0 bridgehead atoms. The minimum absolute atomic E-state index is 0.288. The van der Waals surface area contributed by atoms with Crippen molar-refractivity contribution in [2.75, 3.05) is 5.33 Å². The number of rotatable bonds is 2. The van der Waals surface area contributed by atoms with E-state index in [1.165, 1.54) is 0 Å². The highest BCUT2D eigenvalue weighted by Gasteiger charge is 2.10. The third-order valence-corrected chi connectivity index (χ3v) is 2.29. The Kier molecular flexibility index (Phi) is 3.34. The van der Waals surface area contributed by atoms with E-state index in [-0.39, 0.29) is 5.33 Å². The van der Waals surface area contributed by atoms with Gasteiger partial charge >= 0.3 is 0 Å². The first-order valence-corrected chi connectivity index (χ1v) is 4.70. The molecule has 1 aromatic carbocycles. The third-order valence-electron chi connectivity index (χ3n) is 1.38. The minimum Gasteiger partial charge on any atom is -0.241 e. The van der Waals surface area contributed by atoms with Gasteiger partial charge in [-0.3, -0.25) is 0 Å². The fourth-order valence-electron chi connectivity index (χ4n) is 0.812. The van der Waals surface area contributed by atoms with E-state index < -0.39 is 6.17 Å². The van der Waals surface area contributed by atoms with Gasteiger partial charge in [-0.1, -0.05) is 45.7 Å². The van der Waals surface area contributed by atoms with E-state index in [0.717, 1.165) is 0 Å². The summed E-state index contributed by atoms with van der Waals surface area (Å²) in [6, 6.07) is 6.93. The molecule has 3 heteroatoms. The fourth-order valence-corrected chi connectivity index (χ4v) is 1.42. The summed E-state index contributed by atoms with van der Waals surface area (Å²) in [5.74, 6) is 0. The van der Waals surface area contributed by atoms with Gasteiger partial charge in [-0.25, -0.2) is 4.39 Å². The molecule has 0 aliphatic heterocycles. The summed E-state index contributed by atoms with van der Waals surface area (Å²) < 4.78 is 13.0. The molecule has 0 heterocycles. The maximum atomic E-state index is 13.0. The maximum Gasteiger partial charge on any atom is 0.136 e. The second-order valence-electron chi connectivity index (χ2n) is 2.14. The Bertz CT molecular complexity index is 239. The minimum atomic E-state index is -1.01. The van der Waals surface area contributed by atoms with Crippen LogP contribution in [0.4, 0.5) is 4.39 Å². The lowest BCUT2D eigenvalue weighted by Gasteiger charge is -2.05. The lowest BCUT2D eigenvalue weighted by molar-refractivity contribution is 0.383. The second-order valence-corrected chi connectivity index (χ2v) is 3.20. The van der Waals surface area contributed by atoms with Crippen LogP contribution in [0.5, 0.6) is 0 Å². The van der Waals surface area contributed by atoms with Crippen LogP contribution in [0.25, 0.3) is 0 Å². The molecule has 0 spiro atoms. The summed E-state index contributed by atoms with van der Waals surface area (Å²) in [6.45, 7) is 0. The van der Waals surface area contributed by atoms with Crippen LogP contribution in [-0.4, -0.2) is 5.33 Å². The Morgan fingerprint density at radius 3 is 2.64 bits per heavy atom. The molecule has 1 aromatic rings. The molecule has 0 radical (unpaired) electrons. The van der Waals surface area contributed by atoms with Crippen molar-refractivity contribution < 1.29 is 4.39 Å². The summed E-state index contributed by atoms with van der Waals surface area (Å²) in [7, 11) is 0. The van der Waals surface area contributed by atoms with Crippen molar-refractivity contribution in [2.24, 2.45) is 0 Å². The Balaban J connectivity index is 2.93. The molecule has 60 valence electrons. The zero-order chi connectivity index (χ0) is 8.27. The van der Waals surface area contributed by atoms with Gasteiger partial charge in [-0.15, -0.1) is 0 Å². The van der Waals surface area contributed by atoms with Gasteiger partial charge in [0, 0.05) is 15.9 Å². The van der Waals surface area contributed by atoms with E-state index in [0.29, 0.717) is 10.6 Å². The smallest absolute Gasteiger partial charge is 0.136 e. The van der Waals surface area contributed by atoms with Crippen LogP contribution in [0.3, 0.4) is 0 Å². The second kappa shape index (κ2) is 4.07. The number of hydrogen-bond donors (Lipinski definition) is 0. The highest BCUT2D eigenvalue weighted by atomic mass is 79.9. The standard InChI is InChI=1S/C8H7BrClF/c9-5-8(11)6-3-1-2-4-7(6)10/h1-4,8H,5H2. The number of benzene rings is 1. The van der Waals surface area contributed by atoms with Gasteiger partial charge in [-0.05, 0) is 6.07 Å². The Hall–Kier alpha value is -0.0800. The lowest BCUT2D eigenvalue weighted by Crippen LogP contribution is -1.92. The first-order valence-electron chi connectivity index (χ1n) is 3.20. The zero-order valence-corrected chi connectivity index (χ0v) is 8.07. The van der Waals surface area contributed by atoms with Crippen molar-refractivity contribution in [3.05, 3.63) is 34.9 Å². The molecule has 0 aliphatic rings. The quantitative estimate of drug-likeness (QED) is 0.687. The molecule has 1 rings (SSSR count). The summed E-state index contributed by atoms with van der Waals surface area (Å²) in [5.41, 5.74) is 0.547. The van der Waals surface area contributed by atoms with Crippen LogP contribution < -0.4 is 0 Å². The molecule has 0 N–H and O–H groups in total. The normalized spacial score (nSPS) is 13.0. The molecular weight excluding hydrogens is 230 g/mol. The molecule has 0 aliphatic carbocycles. The fraction of sp³-hybridized carbons (Fsp3) is 0.250. The van der Waals surface area contributed by atoms with Crippen LogP contribution in [-0.2, 0) is 0 Å². The largest absolute Gasteiger partial charge is 0.241 e. The summed E-state index contributed by atoms with van der Waals surface area (Å²) in [4.78, 5) is 0. The van der Waals surface area contributed by atoms with Gasteiger partial charge in [0.2, 0.25) is 0 Å². The summed E-state index contributed by atoms with van der Waals surface area (Å²) >= 11 is 8.79. The maximum absolute atomic E-state index is 13.0. The van der Waals surface area contributed by atoms with Crippen LogP contribution in [0.1, 0.15) is 11.7 Å². The highest BCUT2D eigenvalue weighted by molar-refractivity contribution is 9.09. The van der Waals surface area contributed by atoms with Gasteiger partial charge in [0.1, 0.15) is 6.17 Å². The highest BCUT2D eigenvalue weighted by Crippen LogP contribution is 2.26. The Labute approximate surface area is 78.5 Å². The average molecular weight is 237 g/mol. The molecule has 0 saturated carbocycles. The third kappa shape index (κ3) is 2.17. The van der Waals surface area contributed by atoms with E-state index in [1.54, 1.807) is 24.3 Å². The van der Waals surface area contributed by atoms with Gasteiger partial charge in [0.25, 0.3) is 0 Å². The number of alkyl halides is 2. The van der Waals surface area contributed by atoms with Gasteiger partial charge in [0.05, 0.1) is 0 Å². The number of halogens is 3. The van der Waals surface area contributed by atoms with E-state index in [2.05, 4.69) is 15.9 Å². The SMILES string of the molecule is FC(CBr)c1ccccc1Cl. The van der Waals surface area contributed by atoms with Crippen LogP contribution in [0.15, 0.2) is 24.3 Å². The molecule has 1 atom stereocenters. The van der Waals surface area contributed by atoms with E-state index in [4.69, 9.17) is 11.6 Å². The topological polar surface area (TPSA) is 0 Å². The first-order chi connectivity index (χ1) is 5.25. The van der Waals surface area contributed by atoms with Gasteiger partial charge in [0.15, 0.2) is 0 Å². The van der Waals surface area contributed by atoms with E-state index in [9.17, 15) is 4.39 Å². The molecule has 0 nitrogen and oxygen atoms in total. The average Bonchev–Trinajstić information content (AvgIpc) is 2.04. The van der Waals surface area contributed by atoms with Crippen molar-refractivity contribution in [3.63, 3.8) is 0 Å². The van der Waals surface area contributed by atoms with Crippen molar-refractivity contribution in [1.82, 2.24) is 0 Å². The van der Waals surface area contributed by atoms with Crippen molar-refractivity contribution in [2.45, 2.75) is 6.17 Å². The van der Waals surface area contributed by atoms with E-state index in [1.807, 2.05) is 0 Å². The van der Waals surface area contributed by atoms with E-state index >= 15 is 0 Å². The molecule has 1 unspecified atom stereocenters. The predicted molar refractivity (Wildman–Crippen MR) is 49.1 cm³/mol. The first kappa shape index (κ1) is 9.01. The lowest BCUT2D eigenvalue weighted by atomic mass is 10.1. The predicted octanol–water partition coefficient (Wildman–Crippen LogP) is 3.75. The monoisotopic (exact) mass is 236 g/mol. The van der Waals surface area contributed by atoms with Crippen molar-refractivity contribution in [3.8, 4) is 0 Å². The summed E-state index contributed by atoms with van der Waals surface area (Å²) in [6.07, 6.45) is -1.01. The Morgan fingerprint density at radius 1 is 1.45 bits per heavy atom. The molecule has 0 fully saturated rings.